The third-order valence-corrected chi connectivity index (χ3v) is 4.48. The van der Waals surface area contributed by atoms with Crippen LogP contribution in [0, 0.1) is 0 Å². The van der Waals surface area contributed by atoms with Gasteiger partial charge in [0.1, 0.15) is 5.84 Å². The van der Waals surface area contributed by atoms with Crippen molar-refractivity contribution in [2.24, 2.45) is 21.0 Å². The highest BCUT2D eigenvalue weighted by atomic mass is 35.5. The number of rotatable bonds is 10. The maximum absolute atomic E-state index is 12.7. The van der Waals surface area contributed by atoms with E-state index in [9.17, 15) is 4.79 Å². The summed E-state index contributed by atoms with van der Waals surface area (Å²) in [5.74, 6) is -0.196. The summed E-state index contributed by atoms with van der Waals surface area (Å²) in [4.78, 5) is 17.1. The Bertz CT molecular complexity index is 659. The average Bonchev–Trinajstić information content (AvgIpc) is 2.70. The van der Waals surface area contributed by atoms with E-state index in [1.807, 2.05) is 12.1 Å². The minimum atomic E-state index is -0.947. The second kappa shape index (κ2) is 12.4. The van der Waals surface area contributed by atoms with E-state index in [1.54, 1.807) is 17.1 Å². The number of unbranched alkanes of at least 4 members (excludes halogenated alkanes) is 2. The lowest BCUT2D eigenvalue weighted by molar-refractivity contribution is -0.127. The van der Waals surface area contributed by atoms with E-state index in [0.29, 0.717) is 44.4 Å². The minimum absolute atomic E-state index is 0.139. The molecule has 1 unspecified atom stereocenters. The Hall–Kier alpha value is -2.03. The van der Waals surface area contributed by atoms with Crippen LogP contribution >= 0.6 is 11.6 Å². The number of nitrogens with one attached hydrogen (secondary N) is 1. The second-order valence-corrected chi connectivity index (χ2v) is 6.97. The normalized spacial score (nSPS) is 17.0. The van der Waals surface area contributed by atoms with Gasteiger partial charge in [-0.25, -0.2) is 5.01 Å². The SMILES string of the molecule is CCCCC/N=N/C(C(=O)NN1CCOCC1)/C(N)=N/Cc1ccc(Cl)cc1. The van der Waals surface area contributed by atoms with Gasteiger partial charge in [-0.15, -0.1) is 0 Å². The average molecular weight is 409 g/mol. The second-order valence-electron chi connectivity index (χ2n) is 6.53. The van der Waals surface area contributed by atoms with Crippen LogP contribution in [0.4, 0.5) is 0 Å². The van der Waals surface area contributed by atoms with E-state index in [4.69, 9.17) is 22.1 Å². The molecule has 1 amide bonds. The van der Waals surface area contributed by atoms with Gasteiger partial charge in [0.15, 0.2) is 0 Å². The van der Waals surface area contributed by atoms with Gasteiger partial charge in [0.05, 0.1) is 26.3 Å². The van der Waals surface area contributed by atoms with Gasteiger partial charge in [-0.1, -0.05) is 43.5 Å². The zero-order valence-corrected chi connectivity index (χ0v) is 17.1. The molecule has 1 heterocycles. The highest BCUT2D eigenvalue weighted by molar-refractivity contribution is 6.30. The summed E-state index contributed by atoms with van der Waals surface area (Å²) in [5, 5.41) is 10.8. The zero-order chi connectivity index (χ0) is 20.2. The molecule has 1 aliphatic rings. The molecule has 0 aliphatic carbocycles. The Labute approximate surface area is 171 Å². The van der Waals surface area contributed by atoms with Crippen molar-refractivity contribution < 1.29 is 9.53 Å². The molecule has 0 radical (unpaired) electrons. The van der Waals surface area contributed by atoms with Gasteiger partial charge >= 0.3 is 0 Å². The first-order valence-corrected chi connectivity index (χ1v) is 10.0. The Balaban J connectivity index is 2.02. The van der Waals surface area contributed by atoms with Crippen LogP contribution in [0.15, 0.2) is 39.5 Å². The summed E-state index contributed by atoms with van der Waals surface area (Å²) in [7, 11) is 0. The summed E-state index contributed by atoms with van der Waals surface area (Å²) in [6.45, 7) is 5.42. The van der Waals surface area contributed by atoms with Crippen LogP contribution in [0.5, 0.6) is 0 Å². The lowest BCUT2D eigenvalue weighted by Crippen LogP contribution is -2.53. The monoisotopic (exact) mass is 408 g/mol. The number of ether oxygens (including phenoxy) is 1. The molecule has 1 aromatic carbocycles. The van der Waals surface area contributed by atoms with Crippen LogP contribution in [-0.2, 0) is 16.1 Å². The molecule has 1 aliphatic heterocycles. The third-order valence-electron chi connectivity index (χ3n) is 4.22. The van der Waals surface area contributed by atoms with Crippen molar-refractivity contribution in [3.63, 3.8) is 0 Å². The van der Waals surface area contributed by atoms with Gasteiger partial charge in [-0.2, -0.15) is 10.2 Å². The molecule has 0 spiro atoms. The fraction of sp³-hybridized carbons (Fsp3) is 0.579. The third kappa shape index (κ3) is 7.92. The van der Waals surface area contributed by atoms with Crippen LogP contribution in [0.2, 0.25) is 5.02 Å². The minimum Gasteiger partial charge on any atom is -0.385 e. The molecule has 2 rings (SSSR count). The van der Waals surface area contributed by atoms with Gasteiger partial charge < -0.3 is 10.5 Å². The van der Waals surface area contributed by atoms with Gasteiger partial charge in [-0.3, -0.25) is 15.2 Å². The Morgan fingerprint density at radius 3 is 2.68 bits per heavy atom. The molecule has 154 valence electrons. The molecule has 0 saturated carbocycles. The molecule has 1 atom stereocenters. The summed E-state index contributed by atoms with van der Waals surface area (Å²) >= 11 is 5.90. The number of azo groups is 1. The highest BCUT2D eigenvalue weighted by Crippen LogP contribution is 2.10. The number of nitrogens with zero attached hydrogens (tertiary/aromatic N) is 4. The van der Waals surface area contributed by atoms with Crippen LogP contribution in [0.3, 0.4) is 0 Å². The number of morpholine rings is 1. The van der Waals surface area contributed by atoms with E-state index in [0.717, 1.165) is 24.8 Å². The van der Waals surface area contributed by atoms with Gasteiger partial charge in [-0.05, 0) is 24.1 Å². The predicted molar refractivity (Wildman–Crippen MR) is 110 cm³/mol. The number of nitrogens with two attached hydrogens (primary N) is 1. The van der Waals surface area contributed by atoms with Crippen LogP contribution in [0.1, 0.15) is 31.7 Å². The van der Waals surface area contributed by atoms with E-state index < -0.39 is 6.04 Å². The molecular weight excluding hydrogens is 380 g/mol. The molecule has 0 bridgehead atoms. The fourth-order valence-electron chi connectivity index (χ4n) is 2.57. The summed E-state index contributed by atoms with van der Waals surface area (Å²) in [5.41, 5.74) is 9.89. The largest absolute Gasteiger partial charge is 0.385 e. The lowest BCUT2D eigenvalue weighted by atomic mass is 10.2. The van der Waals surface area contributed by atoms with E-state index in [2.05, 4.69) is 27.6 Å². The molecule has 28 heavy (non-hydrogen) atoms. The van der Waals surface area contributed by atoms with Crippen LogP contribution in [-0.4, -0.2) is 55.6 Å². The zero-order valence-electron chi connectivity index (χ0n) is 16.3. The summed E-state index contributed by atoms with van der Waals surface area (Å²) in [6.07, 6.45) is 3.10. The van der Waals surface area contributed by atoms with Crippen molar-refractivity contribution in [2.75, 3.05) is 32.8 Å². The molecule has 0 aromatic heterocycles. The molecule has 1 aromatic rings. The standard InChI is InChI=1S/C19H29ClN6O2/c1-2-3-4-9-23-24-17(19(27)25-26-10-12-28-13-11-26)18(21)22-14-15-5-7-16(20)8-6-15/h5-8,17H,2-4,9-14H2,1H3,(H2,21,22)(H,25,27)/b24-23+. The number of carbonyl (C=O) groups is 1. The highest BCUT2D eigenvalue weighted by Gasteiger charge is 2.25. The summed E-state index contributed by atoms with van der Waals surface area (Å²) in [6, 6.07) is 6.37. The van der Waals surface area contributed by atoms with Crippen molar-refractivity contribution in [3.05, 3.63) is 34.9 Å². The number of aliphatic imine (C=N–C) groups is 1. The number of hydrogen-bond acceptors (Lipinski definition) is 6. The molecular formula is C19H29ClN6O2. The quantitative estimate of drug-likeness (QED) is 0.268. The smallest absolute Gasteiger partial charge is 0.268 e. The van der Waals surface area contributed by atoms with Crippen molar-refractivity contribution in [2.45, 2.75) is 38.8 Å². The predicted octanol–water partition coefficient (Wildman–Crippen LogP) is 2.57. The van der Waals surface area contributed by atoms with Gasteiger partial charge in [0, 0.05) is 18.1 Å². The number of benzene rings is 1. The number of hydrogen-bond donors (Lipinski definition) is 2. The number of halogens is 1. The number of carbonyl (C=O) groups excluding carboxylic acids is 1. The van der Waals surface area contributed by atoms with E-state index >= 15 is 0 Å². The summed E-state index contributed by atoms with van der Waals surface area (Å²) < 4.78 is 5.29. The topological polar surface area (TPSA) is 105 Å². The van der Waals surface area contributed by atoms with Crippen LogP contribution < -0.4 is 11.2 Å². The van der Waals surface area contributed by atoms with Gasteiger partial charge in [0.2, 0.25) is 6.04 Å². The van der Waals surface area contributed by atoms with E-state index in [-0.39, 0.29) is 11.7 Å². The Morgan fingerprint density at radius 1 is 1.29 bits per heavy atom. The molecule has 1 fully saturated rings. The van der Waals surface area contributed by atoms with Gasteiger partial charge in [0.25, 0.3) is 5.91 Å². The first-order valence-electron chi connectivity index (χ1n) is 9.64. The van der Waals surface area contributed by atoms with Crippen molar-refractivity contribution >= 4 is 23.3 Å². The van der Waals surface area contributed by atoms with E-state index in [1.165, 1.54) is 0 Å². The van der Waals surface area contributed by atoms with Crippen molar-refractivity contribution in [3.8, 4) is 0 Å². The lowest BCUT2D eigenvalue weighted by Gasteiger charge is -2.27. The maximum atomic E-state index is 12.7. The maximum Gasteiger partial charge on any atom is 0.268 e. The number of hydrazine groups is 1. The molecule has 8 nitrogen and oxygen atoms in total. The van der Waals surface area contributed by atoms with Crippen molar-refractivity contribution in [1.29, 1.82) is 0 Å². The Morgan fingerprint density at radius 2 is 2.00 bits per heavy atom. The fourth-order valence-corrected chi connectivity index (χ4v) is 2.69. The first-order chi connectivity index (χ1) is 13.6. The number of amidine groups is 1. The molecule has 9 heteroatoms. The first kappa shape index (κ1) is 22.3. The Kier molecular flexibility index (Phi) is 9.88. The van der Waals surface area contributed by atoms with Crippen LogP contribution in [0.25, 0.3) is 0 Å². The molecule has 1 saturated heterocycles. The number of amides is 1. The van der Waals surface area contributed by atoms with Crippen molar-refractivity contribution in [1.82, 2.24) is 10.4 Å². The molecule has 3 N–H and O–H groups in total.